The highest BCUT2D eigenvalue weighted by atomic mass is 28.3. The van der Waals surface area contributed by atoms with Crippen molar-refractivity contribution in [3.05, 3.63) is 136 Å². The Morgan fingerprint density at radius 3 is 1.66 bits per heavy atom. The lowest BCUT2D eigenvalue weighted by molar-refractivity contribution is 0.332. The quantitative estimate of drug-likeness (QED) is 0.161. The van der Waals surface area contributed by atoms with Gasteiger partial charge in [0.25, 0.3) is 6.71 Å². The average molecular weight is 937 g/mol. The van der Waals surface area contributed by atoms with Crippen LogP contribution in [-0.2, 0) is 32.5 Å². The number of hydrogen-bond donors (Lipinski definition) is 0. The molecular formula is C65H73BN2OSi. The summed E-state index contributed by atoms with van der Waals surface area (Å²) in [6.07, 6.45) is 7.04. The van der Waals surface area contributed by atoms with Gasteiger partial charge in [0.2, 0.25) is 0 Å². The van der Waals surface area contributed by atoms with E-state index in [1.165, 1.54) is 143 Å². The van der Waals surface area contributed by atoms with Crippen molar-refractivity contribution in [1.82, 2.24) is 0 Å². The minimum Gasteiger partial charge on any atom is -0.468 e. The molecule has 6 aromatic carbocycles. The van der Waals surface area contributed by atoms with Crippen molar-refractivity contribution in [2.24, 2.45) is 0 Å². The Kier molecular flexibility index (Phi) is 8.82. The van der Waals surface area contributed by atoms with Gasteiger partial charge in [0.1, 0.15) is 13.7 Å². The second-order valence-corrected chi connectivity index (χ2v) is 31.7. The van der Waals surface area contributed by atoms with Crippen LogP contribution < -0.4 is 36.8 Å². The van der Waals surface area contributed by atoms with E-state index in [2.05, 4.69) is 210 Å². The lowest BCUT2D eigenvalue weighted by atomic mass is 9.35. The van der Waals surface area contributed by atoms with Crippen molar-refractivity contribution in [2.45, 2.75) is 174 Å². The minimum atomic E-state index is -2.20. The van der Waals surface area contributed by atoms with Gasteiger partial charge >= 0.3 is 0 Å². The number of benzene rings is 6. The van der Waals surface area contributed by atoms with E-state index in [0.717, 1.165) is 17.7 Å². The van der Waals surface area contributed by atoms with Gasteiger partial charge in [-0.05, 0) is 198 Å². The fourth-order valence-corrected chi connectivity index (χ4v) is 18.4. The number of nitrogens with zero attached hydrogens (tertiary/aromatic N) is 2. The van der Waals surface area contributed by atoms with E-state index in [-0.39, 0.29) is 39.2 Å². The molecule has 0 saturated heterocycles. The maximum Gasteiger partial charge on any atom is 0.297 e. The first-order valence-corrected chi connectivity index (χ1v) is 29.8. The molecule has 0 unspecified atom stereocenters. The third-order valence-electron chi connectivity index (χ3n) is 19.6. The minimum absolute atomic E-state index is 0.0337. The first-order valence-electron chi connectivity index (χ1n) is 26.8. The number of fused-ring (bicyclic) bond motifs is 12. The van der Waals surface area contributed by atoms with Gasteiger partial charge in [-0.15, -0.1) is 0 Å². The van der Waals surface area contributed by atoms with Gasteiger partial charge in [0.15, 0.2) is 0 Å². The molecule has 5 heteroatoms. The van der Waals surface area contributed by atoms with E-state index in [1.54, 1.807) is 0 Å². The molecule has 7 aromatic rings. The monoisotopic (exact) mass is 937 g/mol. The Balaban J connectivity index is 1.18. The standard InChI is InChI=1S/C65H73BN2OSi/c1-38-31-52-56-53(32-38)68(50-21-18-20-41-40-19-16-17-22-55(40)70(14,15)58(41)50)57-42-34-45-48(65(12,13)30-27-62(45,6)7)37-54(42)69-59(57)66(56)49-35-46-47(64(10,11)29-28-63(46,8)9)36-51(49)67(52)39-23-24-43-44(33-39)61(4,5)26-25-60(43,2)3/h16-24,31-37H,25-30H2,1-15H3. The first-order chi connectivity index (χ1) is 32.8. The van der Waals surface area contributed by atoms with Crippen LogP contribution in [0.25, 0.3) is 22.1 Å². The molecule has 13 rings (SSSR count). The summed E-state index contributed by atoms with van der Waals surface area (Å²) in [4.78, 5) is 5.43. The summed E-state index contributed by atoms with van der Waals surface area (Å²) in [6, 6.07) is 39.5. The molecule has 70 heavy (non-hydrogen) atoms. The van der Waals surface area contributed by atoms with E-state index in [1.807, 2.05) is 0 Å². The normalized spacial score (nSPS) is 21.4. The van der Waals surface area contributed by atoms with E-state index in [9.17, 15) is 0 Å². The molecule has 0 N–H and O–H groups in total. The van der Waals surface area contributed by atoms with Crippen LogP contribution in [0.4, 0.5) is 34.1 Å². The molecule has 0 radical (unpaired) electrons. The molecule has 0 spiro atoms. The number of hydrogen-bond acceptors (Lipinski definition) is 3. The fourth-order valence-electron chi connectivity index (χ4n) is 15.0. The zero-order valence-electron chi connectivity index (χ0n) is 44.9. The zero-order valence-corrected chi connectivity index (χ0v) is 45.9. The predicted octanol–water partition coefficient (Wildman–Crippen LogP) is 14.7. The Bertz CT molecular complexity index is 3470. The molecule has 0 atom stereocenters. The van der Waals surface area contributed by atoms with Crippen molar-refractivity contribution < 1.29 is 4.42 Å². The van der Waals surface area contributed by atoms with E-state index < -0.39 is 8.07 Å². The maximum atomic E-state index is 7.79. The predicted molar refractivity (Wildman–Crippen MR) is 303 cm³/mol. The van der Waals surface area contributed by atoms with Gasteiger partial charge in [-0.2, -0.15) is 0 Å². The van der Waals surface area contributed by atoms with Crippen LogP contribution in [0.5, 0.6) is 0 Å². The van der Waals surface area contributed by atoms with Crippen LogP contribution in [0.2, 0.25) is 13.1 Å². The lowest BCUT2D eigenvalue weighted by Gasteiger charge is -2.47. The highest BCUT2D eigenvalue weighted by Gasteiger charge is 2.51. The first kappa shape index (κ1) is 44.7. The van der Waals surface area contributed by atoms with Crippen LogP contribution in [0.15, 0.2) is 101 Å². The average Bonchev–Trinajstić information content (AvgIpc) is 3.79. The molecule has 6 aliphatic rings. The molecule has 356 valence electrons. The SMILES string of the molecule is Cc1cc2c3c(c1)N(c1cccc4c1[Si](C)(C)c1ccccc1-4)c1c(oc4cc5c(cc14)C(C)(C)CCC5(C)C)B3c1cc3c(cc1N2c1ccc2c(c1)C(C)(C)CCC2(C)C)C(C)(C)CCC3(C)C. The Labute approximate surface area is 420 Å². The summed E-state index contributed by atoms with van der Waals surface area (Å²) in [6.45, 7) is 37.1. The van der Waals surface area contributed by atoms with Gasteiger partial charge in [0.05, 0.1) is 11.3 Å². The number of furan rings is 1. The molecular weight excluding hydrogens is 864 g/mol. The second-order valence-electron chi connectivity index (χ2n) is 27.4. The molecule has 3 nitrogen and oxygen atoms in total. The summed E-state index contributed by atoms with van der Waals surface area (Å²) in [5, 5.41) is 4.29. The highest BCUT2D eigenvalue weighted by Crippen LogP contribution is 2.55. The zero-order chi connectivity index (χ0) is 49.2. The van der Waals surface area contributed by atoms with Crippen molar-refractivity contribution in [2.75, 3.05) is 9.80 Å². The lowest BCUT2D eigenvalue weighted by Crippen LogP contribution is -2.62. The van der Waals surface area contributed by atoms with Gasteiger partial charge in [-0.1, -0.05) is 145 Å². The molecule has 0 amide bonds. The van der Waals surface area contributed by atoms with Crippen LogP contribution in [0, 0.1) is 6.92 Å². The largest absolute Gasteiger partial charge is 0.468 e. The van der Waals surface area contributed by atoms with Crippen LogP contribution in [0.1, 0.15) is 161 Å². The van der Waals surface area contributed by atoms with E-state index in [0.29, 0.717) is 0 Å². The van der Waals surface area contributed by atoms with Gasteiger partial charge in [0, 0.05) is 33.8 Å². The Hall–Kier alpha value is -5.26. The van der Waals surface area contributed by atoms with Crippen molar-refractivity contribution in [3.63, 3.8) is 0 Å². The third-order valence-corrected chi connectivity index (χ3v) is 23.2. The van der Waals surface area contributed by atoms with Crippen molar-refractivity contribution in [1.29, 1.82) is 0 Å². The summed E-state index contributed by atoms with van der Waals surface area (Å²) < 4.78 is 7.79. The number of aryl methyl sites for hydroxylation is 1. The van der Waals surface area contributed by atoms with Crippen molar-refractivity contribution >= 4 is 86.8 Å². The van der Waals surface area contributed by atoms with Gasteiger partial charge in [-0.25, -0.2) is 0 Å². The summed E-state index contributed by atoms with van der Waals surface area (Å²) >= 11 is 0. The highest BCUT2D eigenvalue weighted by molar-refractivity contribution is 7.05. The third kappa shape index (κ3) is 5.88. The topological polar surface area (TPSA) is 19.6 Å². The smallest absolute Gasteiger partial charge is 0.297 e. The summed E-state index contributed by atoms with van der Waals surface area (Å²) in [7, 11) is -2.20. The molecule has 0 bridgehead atoms. The van der Waals surface area contributed by atoms with E-state index >= 15 is 0 Å². The molecule has 1 aromatic heterocycles. The maximum absolute atomic E-state index is 7.79. The number of anilines is 6. The molecule has 3 aliphatic carbocycles. The second kappa shape index (κ2) is 13.8. The summed E-state index contributed by atoms with van der Waals surface area (Å²) in [5.74, 6) is 0. The number of rotatable bonds is 2. The van der Waals surface area contributed by atoms with Gasteiger partial charge in [-0.3, -0.25) is 0 Å². The molecule has 3 aliphatic heterocycles. The van der Waals surface area contributed by atoms with Gasteiger partial charge < -0.3 is 14.2 Å². The van der Waals surface area contributed by atoms with Crippen molar-refractivity contribution in [3.8, 4) is 11.1 Å². The van der Waals surface area contributed by atoms with Crippen LogP contribution >= 0.6 is 0 Å². The Morgan fingerprint density at radius 1 is 0.486 bits per heavy atom. The molecule has 4 heterocycles. The molecule has 0 saturated carbocycles. The Morgan fingerprint density at radius 2 is 1.01 bits per heavy atom. The fraction of sp³-hybridized carbons (Fsp3) is 0.415. The van der Waals surface area contributed by atoms with Crippen LogP contribution in [-0.4, -0.2) is 14.8 Å². The summed E-state index contributed by atoms with van der Waals surface area (Å²) in [5.41, 5.74) is 25.8. The molecule has 0 fully saturated rings. The van der Waals surface area contributed by atoms with E-state index in [4.69, 9.17) is 4.42 Å². The van der Waals surface area contributed by atoms with Crippen LogP contribution in [0.3, 0.4) is 0 Å².